The van der Waals surface area contributed by atoms with Gasteiger partial charge in [-0.3, -0.25) is 4.79 Å². The molecule has 0 bridgehead atoms. The maximum atomic E-state index is 11.9. The SMILES string of the molecule is O=C(O)c1ccc(=O)n(CC2OCCc3ccccc32)c1. The van der Waals surface area contributed by atoms with Crippen molar-refractivity contribution in [1.82, 2.24) is 4.57 Å². The third-order valence-corrected chi connectivity index (χ3v) is 3.69. The van der Waals surface area contributed by atoms with E-state index in [1.54, 1.807) is 0 Å². The van der Waals surface area contributed by atoms with Crippen molar-refractivity contribution in [1.29, 1.82) is 0 Å². The van der Waals surface area contributed by atoms with Crippen LogP contribution in [0.1, 0.15) is 27.6 Å². The van der Waals surface area contributed by atoms with Gasteiger partial charge in [0.05, 0.1) is 18.7 Å². The molecule has 3 rings (SSSR count). The number of fused-ring (bicyclic) bond motifs is 1. The van der Waals surface area contributed by atoms with Crippen LogP contribution in [-0.2, 0) is 17.7 Å². The molecule has 1 unspecified atom stereocenters. The fraction of sp³-hybridized carbons (Fsp3) is 0.250. The van der Waals surface area contributed by atoms with E-state index in [1.807, 2.05) is 18.2 Å². The second-order valence-corrected chi connectivity index (χ2v) is 5.02. The molecule has 1 N–H and O–H groups in total. The lowest BCUT2D eigenvalue weighted by Crippen LogP contribution is -2.27. The highest BCUT2D eigenvalue weighted by Crippen LogP contribution is 2.27. The van der Waals surface area contributed by atoms with Gasteiger partial charge in [0.1, 0.15) is 6.10 Å². The molecular weight excluding hydrogens is 270 g/mol. The molecule has 5 nitrogen and oxygen atoms in total. The highest BCUT2D eigenvalue weighted by Gasteiger charge is 2.21. The Morgan fingerprint density at radius 1 is 1.29 bits per heavy atom. The van der Waals surface area contributed by atoms with Crippen molar-refractivity contribution in [2.24, 2.45) is 0 Å². The molecule has 1 aliphatic heterocycles. The zero-order valence-corrected chi connectivity index (χ0v) is 11.4. The summed E-state index contributed by atoms with van der Waals surface area (Å²) in [6, 6.07) is 10.6. The van der Waals surface area contributed by atoms with E-state index in [1.165, 1.54) is 28.5 Å². The predicted molar refractivity (Wildman–Crippen MR) is 76.5 cm³/mol. The summed E-state index contributed by atoms with van der Waals surface area (Å²) in [5, 5.41) is 9.02. The Hall–Kier alpha value is -2.40. The molecule has 5 heteroatoms. The van der Waals surface area contributed by atoms with Gasteiger partial charge in [-0.1, -0.05) is 24.3 Å². The summed E-state index contributed by atoms with van der Waals surface area (Å²) in [6.45, 7) is 0.923. The fourth-order valence-corrected chi connectivity index (χ4v) is 2.61. The van der Waals surface area contributed by atoms with E-state index in [0.717, 1.165) is 12.0 Å². The lowest BCUT2D eigenvalue weighted by Gasteiger charge is -2.26. The summed E-state index contributed by atoms with van der Waals surface area (Å²) in [6.07, 6.45) is 2.00. The van der Waals surface area contributed by atoms with Crippen molar-refractivity contribution in [3.63, 3.8) is 0 Å². The number of aromatic nitrogens is 1. The second-order valence-electron chi connectivity index (χ2n) is 5.02. The van der Waals surface area contributed by atoms with Gasteiger partial charge in [-0.05, 0) is 23.6 Å². The molecule has 0 fully saturated rings. The number of hydrogen-bond acceptors (Lipinski definition) is 3. The fourth-order valence-electron chi connectivity index (χ4n) is 2.61. The molecule has 0 spiro atoms. The van der Waals surface area contributed by atoms with Crippen LogP contribution in [0.3, 0.4) is 0 Å². The number of rotatable bonds is 3. The Kier molecular flexibility index (Phi) is 3.58. The van der Waals surface area contributed by atoms with E-state index < -0.39 is 5.97 Å². The predicted octanol–water partition coefficient (Wildman–Crippen LogP) is 1.86. The van der Waals surface area contributed by atoms with Crippen LogP contribution in [0.5, 0.6) is 0 Å². The minimum Gasteiger partial charge on any atom is -0.478 e. The molecule has 0 radical (unpaired) electrons. The first-order chi connectivity index (χ1) is 10.1. The van der Waals surface area contributed by atoms with Gasteiger partial charge in [0.25, 0.3) is 5.56 Å². The molecule has 1 aromatic carbocycles. The van der Waals surface area contributed by atoms with Gasteiger partial charge in [-0.15, -0.1) is 0 Å². The van der Waals surface area contributed by atoms with Gasteiger partial charge in [-0.2, -0.15) is 0 Å². The van der Waals surface area contributed by atoms with Gasteiger partial charge in [0.2, 0.25) is 0 Å². The van der Waals surface area contributed by atoms with Crippen LogP contribution in [-0.4, -0.2) is 22.2 Å². The van der Waals surface area contributed by atoms with Gasteiger partial charge < -0.3 is 14.4 Å². The highest BCUT2D eigenvalue weighted by molar-refractivity contribution is 5.87. The summed E-state index contributed by atoms with van der Waals surface area (Å²) in [5.41, 5.74) is 2.15. The molecule has 0 saturated carbocycles. The van der Waals surface area contributed by atoms with E-state index in [0.29, 0.717) is 13.2 Å². The van der Waals surface area contributed by atoms with Gasteiger partial charge in [0, 0.05) is 12.3 Å². The van der Waals surface area contributed by atoms with Crippen molar-refractivity contribution in [2.75, 3.05) is 6.61 Å². The standard InChI is InChI=1S/C16H15NO4/c18-15-6-5-12(16(19)20)9-17(15)10-14-13-4-2-1-3-11(13)7-8-21-14/h1-6,9,14H,7-8,10H2,(H,19,20). The summed E-state index contributed by atoms with van der Waals surface area (Å²) in [7, 11) is 0. The summed E-state index contributed by atoms with van der Waals surface area (Å²) < 4.78 is 7.16. The number of carboxylic acid groups (broad SMARTS) is 1. The molecule has 2 heterocycles. The minimum atomic E-state index is -1.05. The lowest BCUT2D eigenvalue weighted by molar-refractivity contribution is 0.0298. The van der Waals surface area contributed by atoms with E-state index in [2.05, 4.69) is 6.07 Å². The highest BCUT2D eigenvalue weighted by atomic mass is 16.5. The third kappa shape index (κ3) is 2.73. The van der Waals surface area contributed by atoms with Gasteiger partial charge in [-0.25, -0.2) is 4.79 Å². The minimum absolute atomic E-state index is 0.0960. The molecule has 1 aromatic heterocycles. The first-order valence-corrected chi connectivity index (χ1v) is 6.78. The number of carboxylic acids is 1. The maximum absolute atomic E-state index is 11.9. The second kappa shape index (κ2) is 5.54. The largest absolute Gasteiger partial charge is 0.478 e. The monoisotopic (exact) mass is 285 g/mol. The quantitative estimate of drug-likeness (QED) is 0.934. The van der Waals surface area contributed by atoms with Crippen molar-refractivity contribution in [3.8, 4) is 0 Å². The number of ether oxygens (including phenoxy) is 1. The Labute approximate surface area is 121 Å². The topological polar surface area (TPSA) is 68.5 Å². The Morgan fingerprint density at radius 3 is 2.90 bits per heavy atom. The average molecular weight is 285 g/mol. The van der Waals surface area contributed by atoms with E-state index in [-0.39, 0.29) is 17.2 Å². The average Bonchev–Trinajstić information content (AvgIpc) is 2.49. The number of hydrogen-bond donors (Lipinski definition) is 1. The first-order valence-electron chi connectivity index (χ1n) is 6.78. The molecule has 1 atom stereocenters. The van der Waals surface area contributed by atoms with Crippen molar-refractivity contribution in [3.05, 3.63) is 69.6 Å². The normalized spacial score (nSPS) is 17.2. The molecule has 108 valence electrons. The number of pyridine rings is 1. The van der Waals surface area contributed by atoms with Crippen LogP contribution in [0.25, 0.3) is 0 Å². The maximum Gasteiger partial charge on any atom is 0.337 e. The molecule has 21 heavy (non-hydrogen) atoms. The zero-order valence-electron chi connectivity index (χ0n) is 11.4. The number of benzene rings is 1. The molecule has 0 saturated heterocycles. The number of carbonyl (C=O) groups is 1. The molecular formula is C16H15NO4. The van der Waals surface area contributed by atoms with E-state index >= 15 is 0 Å². The summed E-state index contributed by atoms with van der Waals surface area (Å²) in [4.78, 5) is 22.9. The summed E-state index contributed by atoms with van der Waals surface area (Å²) in [5.74, 6) is -1.05. The van der Waals surface area contributed by atoms with E-state index in [4.69, 9.17) is 9.84 Å². The molecule has 1 aliphatic rings. The molecule has 0 aliphatic carbocycles. The number of aromatic carboxylic acids is 1. The number of nitrogens with zero attached hydrogens (tertiary/aromatic N) is 1. The van der Waals surface area contributed by atoms with Crippen molar-refractivity contribution in [2.45, 2.75) is 19.1 Å². The Bertz CT molecular complexity index is 735. The van der Waals surface area contributed by atoms with Crippen LogP contribution in [0.4, 0.5) is 0 Å². The summed E-state index contributed by atoms with van der Waals surface area (Å²) >= 11 is 0. The van der Waals surface area contributed by atoms with Gasteiger partial charge in [0.15, 0.2) is 0 Å². The zero-order chi connectivity index (χ0) is 14.8. The van der Waals surface area contributed by atoms with Crippen molar-refractivity contribution < 1.29 is 14.6 Å². The van der Waals surface area contributed by atoms with Crippen LogP contribution < -0.4 is 5.56 Å². The van der Waals surface area contributed by atoms with Crippen LogP contribution in [0, 0.1) is 0 Å². The lowest BCUT2D eigenvalue weighted by atomic mass is 9.97. The van der Waals surface area contributed by atoms with Gasteiger partial charge >= 0.3 is 5.97 Å². The third-order valence-electron chi connectivity index (χ3n) is 3.69. The smallest absolute Gasteiger partial charge is 0.337 e. The van der Waals surface area contributed by atoms with E-state index in [9.17, 15) is 9.59 Å². The Morgan fingerprint density at radius 2 is 2.10 bits per heavy atom. The van der Waals surface area contributed by atoms with Crippen LogP contribution >= 0.6 is 0 Å². The van der Waals surface area contributed by atoms with Crippen LogP contribution in [0.2, 0.25) is 0 Å². The molecule has 2 aromatic rings. The van der Waals surface area contributed by atoms with Crippen LogP contribution in [0.15, 0.2) is 47.4 Å². The molecule has 0 amide bonds. The first kappa shape index (κ1) is 13.6. The Balaban J connectivity index is 1.93. The van der Waals surface area contributed by atoms with Crippen molar-refractivity contribution >= 4 is 5.97 Å².